The highest BCUT2D eigenvalue weighted by Gasteiger charge is 2.08. The van der Waals surface area contributed by atoms with Crippen molar-refractivity contribution in [2.75, 3.05) is 18.2 Å². The van der Waals surface area contributed by atoms with E-state index in [1.165, 1.54) is 0 Å². The van der Waals surface area contributed by atoms with Gasteiger partial charge >= 0.3 is 0 Å². The van der Waals surface area contributed by atoms with Gasteiger partial charge in [-0.25, -0.2) is 0 Å². The smallest absolute Gasteiger partial charge is 0.255 e. The van der Waals surface area contributed by atoms with Crippen molar-refractivity contribution in [3.8, 4) is 5.75 Å². The summed E-state index contributed by atoms with van der Waals surface area (Å²) < 4.78 is 5.13. The molecule has 0 aliphatic heterocycles. The summed E-state index contributed by atoms with van der Waals surface area (Å²) in [7, 11) is 1.61. The Morgan fingerprint density at radius 2 is 1.84 bits per heavy atom. The van der Waals surface area contributed by atoms with Crippen LogP contribution in [0.1, 0.15) is 15.9 Å². The van der Waals surface area contributed by atoms with Gasteiger partial charge in [0.2, 0.25) is 0 Å². The number of benzene rings is 2. The highest BCUT2D eigenvalue weighted by atomic mass is 16.5. The molecule has 0 saturated carbocycles. The van der Waals surface area contributed by atoms with Gasteiger partial charge in [0.1, 0.15) is 5.75 Å². The van der Waals surface area contributed by atoms with Crippen molar-refractivity contribution in [2.24, 2.45) is 0 Å². The monoisotopic (exact) mass is 256 g/mol. The Kier molecular flexibility index (Phi) is 3.71. The van der Waals surface area contributed by atoms with Crippen molar-refractivity contribution in [2.45, 2.75) is 6.92 Å². The predicted molar refractivity (Wildman–Crippen MR) is 76.5 cm³/mol. The molecule has 0 spiro atoms. The van der Waals surface area contributed by atoms with Crippen LogP contribution in [0.4, 0.5) is 11.4 Å². The molecule has 2 aromatic carbocycles. The van der Waals surface area contributed by atoms with Gasteiger partial charge in [0.05, 0.1) is 7.11 Å². The summed E-state index contributed by atoms with van der Waals surface area (Å²) in [4.78, 5) is 12.0. The molecule has 0 radical (unpaired) electrons. The van der Waals surface area contributed by atoms with Crippen molar-refractivity contribution in [3.05, 3.63) is 53.6 Å². The Bertz CT molecular complexity index is 592. The van der Waals surface area contributed by atoms with E-state index in [1.807, 2.05) is 25.1 Å². The molecule has 0 saturated heterocycles. The first-order valence-corrected chi connectivity index (χ1v) is 5.91. The Morgan fingerprint density at radius 1 is 1.16 bits per heavy atom. The van der Waals surface area contributed by atoms with E-state index in [2.05, 4.69) is 5.32 Å². The number of ether oxygens (including phenoxy) is 1. The molecule has 1 amide bonds. The van der Waals surface area contributed by atoms with Gasteiger partial charge in [-0.05, 0) is 55.0 Å². The van der Waals surface area contributed by atoms with Crippen LogP contribution < -0.4 is 15.8 Å². The second-order valence-corrected chi connectivity index (χ2v) is 4.26. The van der Waals surface area contributed by atoms with Gasteiger partial charge in [-0.3, -0.25) is 4.79 Å². The molecule has 0 aliphatic carbocycles. The number of carbonyl (C=O) groups is 1. The van der Waals surface area contributed by atoms with Gasteiger partial charge in [0.25, 0.3) is 5.91 Å². The molecule has 0 heterocycles. The zero-order chi connectivity index (χ0) is 13.8. The SMILES string of the molecule is COc1ccc(NC(=O)c2ccc(N)cc2)c(C)c1. The molecule has 0 fully saturated rings. The summed E-state index contributed by atoms with van der Waals surface area (Å²) in [5.74, 6) is 0.608. The number of hydrogen-bond acceptors (Lipinski definition) is 3. The molecule has 0 aliphatic rings. The molecular formula is C15H16N2O2. The number of nitrogens with two attached hydrogens (primary N) is 1. The fourth-order valence-corrected chi connectivity index (χ4v) is 1.73. The zero-order valence-corrected chi connectivity index (χ0v) is 10.9. The summed E-state index contributed by atoms with van der Waals surface area (Å²) in [5.41, 5.74) is 8.51. The van der Waals surface area contributed by atoms with Gasteiger partial charge in [-0.15, -0.1) is 0 Å². The van der Waals surface area contributed by atoms with E-state index in [1.54, 1.807) is 31.4 Å². The maximum Gasteiger partial charge on any atom is 0.255 e. The average molecular weight is 256 g/mol. The van der Waals surface area contributed by atoms with Crippen LogP contribution in [0.5, 0.6) is 5.75 Å². The number of carbonyl (C=O) groups excluding carboxylic acids is 1. The lowest BCUT2D eigenvalue weighted by molar-refractivity contribution is 0.102. The van der Waals surface area contributed by atoms with Crippen LogP contribution in [0.15, 0.2) is 42.5 Å². The Hall–Kier alpha value is -2.49. The molecule has 2 rings (SSSR count). The molecular weight excluding hydrogens is 240 g/mol. The fraction of sp³-hybridized carbons (Fsp3) is 0.133. The van der Waals surface area contributed by atoms with Crippen molar-refractivity contribution < 1.29 is 9.53 Å². The second-order valence-electron chi connectivity index (χ2n) is 4.26. The first kappa shape index (κ1) is 13.0. The number of hydrogen-bond donors (Lipinski definition) is 2. The Balaban J connectivity index is 2.17. The van der Waals surface area contributed by atoms with E-state index in [4.69, 9.17) is 10.5 Å². The minimum Gasteiger partial charge on any atom is -0.497 e. The van der Waals surface area contributed by atoms with Crippen LogP contribution in [0.3, 0.4) is 0 Å². The predicted octanol–water partition coefficient (Wildman–Crippen LogP) is 2.84. The van der Waals surface area contributed by atoms with Crippen LogP contribution in [-0.2, 0) is 0 Å². The highest BCUT2D eigenvalue weighted by Crippen LogP contribution is 2.21. The molecule has 3 N–H and O–H groups in total. The molecule has 98 valence electrons. The lowest BCUT2D eigenvalue weighted by Crippen LogP contribution is -2.12. The van der Waals surface area contributed by atoms with E-state index in [0.29, 0.717) is 11.3 Å². The number of aryl methyl sites for hydroxylation is 1. The Labute approximate surface area is 112 Å². The Morgan fingerprint density at radius 3 is 2.42 bits per heavy atom. The van der Waals surface area contributed by atoms with E-state index >= 15 is 0 Å². The molecule has 19 heavy (non-hydrogen) atoms. The van der Waals surface area contributed by atoms with Crippen molar-refractivity contribution in [1.82, 2.24) is 0 Å². The van der Waals surface area contributed by atoms with Crippen LogP contribution >= 0.6 is 0 Å². The van der Waals surface area contributed by atoms with Crippen LogP contribution in [0.2, 0.25) is 0 Å². The highest BCUT2D eigenvalue weighted by molar-refractivity contribution is 6.04. The van der Waals surface area contributed by atoms with Gasteiger partial charge in [-0.2, -0.15) is 0 Å². The van der Waals surface area contributed by atoms with Crippen molar-refractivity contribution in [3.63, 3.8) is 0 Å². The maximum absolute atomic E-state index is 12.0. The van der Waals surface area contributed by atoms with Crippen LogP contribution in [0.25, 0.3) is 0 Å². The molecule has 4 heteroatoms. The third-order valence-corrected chi connectivity index (χ3v) is 2.85. The van der Waals surface area contributed by atoms with Gasteiger partial charge in [0, 0.05) is 16.9 Å². The molecule has 0 unspecified atom stereocenters. The normalized spacial score (nSPS) is 10.0. The second kappa shape index (κ2) is 5.44. The van der Waals surface area contributed by atoms with Crippen LogP contribution in [0, 0.1) is 6.92 Å². The van der Waals surface area contributed by atoms with Gasteiger partial charge < -0.3 is 15.8 Å². The summed E-state index contributed by atoms with van der Waals surface area (Å²) in [6.45, 7) is 1.92. The third kappa shape index (κ3) is 3.04. The number of anilines is 2. The van der Waals surface area contributed by atoms with Crippen molar-refractivity contribution >= 4 is 17.3 Å². The number of methoxy groups -OCH3 is 1. The topological polar surface area (TPSA) is 64.3 Å². The van der Waals surface area contributed by atoms with E-state index in [9.17, 15) is 4.79 Å². The lowest BCUT2D eigenvalue weighted by atomic mass is 10.1. The molecule has 0 atom stereocenters. The quantitative estimate of drug-likeness (QED) is 0.830. The number of amides is 1. The molecule has 2 aromatic rings. The fourth-order valence-electron chi connectivity index (χ4n) is 1.73. The number of nitrogen functional groups attached to an aromatic ring is 1. The molecule has 0 aromatic heterocycles. The third-order valence-electron chi connectivity index (χ3n) is 2.85. The van der Waals surface area contributed by atoms with E-state index in [-0.39, 0.29) is 5.91 Å². The zero-order valence-electron chi connectivity index (χ0n) is 10.9. The minimum atomic E-state index is -0.159. The van der Waals surface area contributed by atoms with E-state index < -0.39 is 0 Å². The lowest BCUT2D eigenvalue weighted by Gasteiger charge is -2.10. The summed E-state index contributed by atoms with van der Waals surface area (Å²) in [6, 6.07) is 12.3. The first-order chi connectivity index (χ1) is 9.10. The van der Waals surface area contributed by atoms with Gasteiger partial charge in [0.15, 0.2) is 0 Å². The minimum absolute atomic E-state index is 0.159. The standard InChI is InChI=1S/C15H16N2O2/c1-10-9-13(19-2)7-8-14(10)17-15(18)11-3-5-12(16)6-4-11/h3-9H,16H2,1-2H3,(H,17,18). The summed E-state index contributed by atoms with van der Waals surface area (Å²) in [6.07, 6.45) is 0. The first-order valence-electron chi connectivity index (χ1n) is 5.91. The van der Waals surface area contributed by atoms with E-state index in [0.717, 1.165) is 17.0 Å². The molecule has 4 nitrogen and oxygen atoms in total. The van der Waals surface area contributed by atoms with Gasteiger partial charge in [-0.1, -0.05) is 0 Å². The number of rotatable bonds is 3. The van der Waals surface area contributed by atoms with Crippen LogP contribution in [-0.4, -0.2) is 13.0 Å². The van der Waals surface area contributed by atoms with Crippen molar-refractivity contribution in [1.29, 1.82) is 0 Å². The summed E-state index contributed by atoms with van der Waals surface area (Å²) >= 11 is 0. The molecule has 0 bridgehead atoms. The summed E-state index contributed by atoms with van der Waals surface area (Å²) in [5, 5.41) is 2.86. The number of nitrogens with one attached hydrogen (secondary N) is 1. The average Bonchev–Trinajstić information content (AvgIpc) is 2.41. The largest absolute Gasteiger partial charge is 0.497 e. The maximum atomic E-state index is 12.0.